The van der Waals surface area contributed by atoms with E-state index in [1.807, 2.05) is 13.0 Å². The van der Waals surface area contributed by atoms with Gasteiger partial charge in [0.2, 0.25) is 0 Å². The standard InChI is InChI=1S/C16H24N2O3/c1-3-17-6-7-18-10-15(19)12-4-5-14-13(9-12)8-11(2)21-16(14)20/h4-5,9,11,15,17-19H,3,6-8,10H2,1-2H3. The second kappa shape index (κ2) is 7.54. The van der Waals surface area contributed by atoms with Crippen LogP contribution >= 0.6 is 0 Å². The van der Waals surface area contributed by atoms with Gasteiger partial charge in [0.05, 0.1) is 11.7 Å². The summed E-state index contributed by atoms with van der Waals surface area (Å²) >= 11 is 0. The molecule has 5 nitrogen and oxygen atoms in total. The van der Waals surface area contributed by atoms with E-state index < -0.39 is 6.10 Å². The fourth-order valence-electron chi connectivity index (χ4n) is 2.50. The Balaban J connectivity index is 1.94. The molecule has 0 bridgehead atoms. The van der Waals surface area contributed by atoms with Gasteiger partial charge in [0.15, 0.2) is 0 Å². The summed E-state index contributed by atoms with van der Waals surface area (Å²) in [7, 11) is 0. The number of rotatable bonds is 7. The van der Waals surface area contributed by atoms with Crippen molar-refractivity contribution in [3.05, 3.63) is 34.9 Å². The molecular weight excluding hydrogens is 268 g/mol. The maximum atomic E-state index is 11.7. The van der Waals surface area contributed by atoms with Crippen molar-refractivity contribution in [3.8, 4) is 0 Å². The van der Waals surface area contributed by atoms with Gasteiger partial charge in [0.25, 0.3) is 0 Å². The summed E-state index contributed by atoms with van der Waals surface area (Å²) in [4.78, 5) is 11.7. The molecule has 1 aliphatic heterocycles. The Hall–Kier alpha value is -1.43. The minimum absolute atomic E-state index is 0.101. The van der Waals surface area contributed by atoms with Crippen LogP contribution in [0.25, 0.3) is 0 Å². The van der Waals surface area contributed by atoms with Gasteiger partial charge < -0.3 is 20.5 Å². The largest absolute Gasteiger partial charge is 0.459 e. The van der Waals surface area contributed by atoms with E-state index in [9.17, 15) is 9.90 Å². The number of likely N-dealkylation sites (N-methyl/N-ethyl adjacent to an activating group) is 1. The molecule has 0 aromatic heterocycles. The molecule has 0 aliphatic carbocycles. The summed E-state index contributed by atoms with van der Waals surface area (Å²) in [6.07, 6.45) is 0.0379. The van der Waals surface area contributed by atoms with Crippen molar-refractivity contribution in [2.24, 2.45) is 0 Å². The third kappa shape index (κ3) is 4.27. The second-order valence-electron chi connectivity index (χ2n) is 5.41. The monoisotopic (exact) mass is 292 g/mol. The average molecular weight is 292 g/mol. The summed E-state index contributed by atoms with van der Waals surface area (Å²) in [5, 5.41) is 16.6. The second-order valence-corrected chi connectivity index (χ2v) is 5.41. The van der Waals surface area contributed by atoms with Crippen LogP contribution in [0, 0.1) is 0 Å². The highest BCUT2D eigenvalue weighted by Gasteiger charge is 2.24. The van der Waals surface area contributed by atoms with Gasteiger partial charge in [-0.25, -0.2) is 4.79 Å². The van der Waals surface area contributed by atoms with Crippen molar-refractivity contribution >= 4 is 5.97 Å². The first-order chi connectivity index (χ1) is 10.1. The van der Waals surface area contributed by atoms with Crippen molar-refractivity contribution < 1.29 is 14.6 Å². The van der Waals surface area contributed by atoms with Gasteiger partial charge in [0, 0.05) is 26.1 Å². The molecule has 1 aromatic rings. The molecule has 0 spiro atoms. The molecule has 3 N–H and O–H groups in total. The predicted molar refractivity (Wildman–Crippen MR) is 81.4 cm³/mol. The van der Waals surface area contributed by atoms with E-state index in [4.69, 9.17) is 4.74 Å². The van der Waals surface area contributed by atoms with Gasteiger partial charge >= 0.3 is 5.97 Å². The van der Waals surface area contributed by atoms with Crippen molar-refractivity contribution in [1.29, 1.82) is 0 Å². The molecule has 0 radical (unpaired) electrons. The maximum Gasteiger partial charge on any atom is 0.338 e. The number of carbonyl (C=O) groups is 1. The lowest BCUT2D eigenvalue weighted by Crippen LogP contribution is -2.30. The summed E-state index contributed by atoms with van der Waals surface area (Å²) in [5.41, 5.74) is 2.42. The summed E-state index contributed by atoms with van der Waals surface area (Å²) in [6, 6.07) is 5.47. The van der Waals surface area contributed by atoms with Crippen molar-refractivity contribution in [1.82, 2.24) is 10.6 Å². The number of fused-ring (bicyclic) bond motifs is 1. The molecule has 0 saturated carbocycles. The van der Waals surface area contributed by atoms with E-state index in [-0.39, 0.29) is 12.1 Å². The molecule has 1 aliphatic rings. The van der Waals surface area contributed by atoms with Gasteiger partial charge in [-0.3, -0.25) is 0 Å². The molecule has 21 heavy (non-hydrogen) atoms. The Kier molecular flexibility index (Phi) is 5.73. The third-order valence-electron chi connectivity index (χ3n) is 3.62. The molecule has 1 aromatic carbocycles. The summed E-state index contributed by atoms with van der Waals surface area (Å²) in [5.74, 6) is -0.270. The van der Waals surface area contributed by atoms with Crippen LogP contribution in [0.2, 0.25) is 0 Å². The van der Waals surface area contributed by atoms with Crippen LogP contribution in [0.1, 0.15) is 41.4 Å². The van der Waals surface area contributed by atoms with Crippen LogP contribution in [-0.2, 0) is 11.2 Å². The van der Waals surface area contributed by atoms with Crippen LogP contribution in [0.5, 0.6) is 0 Å². The first-order valence-corrected chi connectivity index (χ1v) is 7.55. The molecule has 2 atom stereocenters. The summed E-state index contributed by atoms with van der Waals surface area (Å²) < 4.78 is 5.19. The zero-order valence-corrected chi connectivity index (χ0v) is 12.7. The molecule has 116 valence electrons. The van der Waals surface area contributed by atoms with Crippen LogP contribution in [0.3, 0.4) is 0 Å². The lowest BCUT2D eigenvalue weighted by Gasteiger charge is -2.23. The van der Waals surface area contributed by atoms with E-state index in [0.29, 0.717) is 18.5 Å². The average Bonchev–Trinajstić information content (AvgIpc) is 2.46. The number of aliphatic hydroxyl groups excluding tert-OH is 1. The van der Waals surface area contributed by atoms with Crippen LogP contribution in [0.4, 0.5) is 0 Å². The Labute approximate surface area is 125 Å². The Morgan fingerprint density at radius 3 is 2.90 bits per heavy atom. The fourth-order valence-corrected chi connectivity index (χ4v) is 2.50. The van der Waals surface area contributed by atoms with Crippen molar-refractivity contribution in [2.75, 3.05) is 26.2 Å². The summed E-state index contributed by atoms with van der Waals surface area (Å²) in [6.45, 7) is 7.10. The number of carbonyl (C=O) groups excluding carboxylic acids is 1. The molecule has 1 heterocycles. The lowest BCUT2D eigenvalue weighted by atomic mass is 9.95. The van der Waals surface area contributed by atoms with Crippen LogP contribution < -0.4 is 10.6 Å². The van der Waals surface area contributed by atoms with Gasteiger partial charge in [-0.15, -0.1) is 0 Å². The topological polar surface area (TPSA) is 70.6 Å². The molecule has 2 rings (SSSR count). The minimum atomic E-state index is -0.565. The smallest absolute Gasteiger partial charge is 0.338 e. The molecule has 0 saturated heterocycles. The van der Waals surface area contributed by atoms with Crippen molar-refractivity contribution in [2.45, 2.75) is 32.5 Å². The normalized spacial score (nSPS) is 19.0. The van der Waals surface area contributed by atoms with Crippen LogP contribution in [-0.4, -0.2) is 43.4 Å². The van der Waals surface area contributed by atoms with Crippen LogP contribution in [0.15, 0.2) is 18.2 Å². The first kappa shape index (κ1) is 15.9. The Bertz CT molecular complexity index is 490. The van der Waals surface area contributed by atoms with Gasteiger partial charge in [-0.1, -0.05) is 19.1 Å². The van der Waals surface area contributed by atoms with E-state index >= 15 is 0 Å². The van der Waals surface area contributed by atoms with E-state index in [1.54, 1.807) is 12.1 Å². The first-order valence-electron chi connectivity index (χ1n) is 7.55. The Morgan fingerprint density at radius 1 is 1.38 bits per heavy atom. The van der Waals surface area contributed by atoms with E-state index in [0.717, 1.165) is 30.8 Å². The molecule has 0 amide bonds. The number of cyclic esters (lactones) is 1. The lowest BCUT2D eigenvalue weighted by molar-refractivity contribution is 0.0300. The molecule has 5 heteroatoms. The van der Waals surface area contributed by atoms with Gasteiger partial charge in [-0.2, -0.15) is 0 Å². The SMILES string of the molecule is CCNCCNCC(O)c1ccc2c(c1)CC(C)OC2=O. The zero-order valence-electron chi connectivity index (χ0n) is 12.7. The van der Waals surface area contributed by atoms with E-state index in [2.05, 4.69) is 17.6 Å². The third-order valence-corrected chi connectivity index (χ3v) is 3.62. The quantitative estimate of drug-likeness (QED) is 0.517. The van der Waals surface area contributed by atoms with Gasteiger partial charge in [-0.05, 0) is 30.7 Å². The number of ether oxygens (including phenoxy) is 1. The van der Waals surface area contributed by atoms with Crippen molar-refractivity contribution in [3.63, 3.8) is 0 Å². The highest BCUT2D eigenvalue weighted by atomic mass is 16.5. The van der Waals surface area contributed by atoms with E-state index in [1.165, 1.54) is 0 Å². The van der Waals surface area contributed by atoms with Gasteiger partial charge in [0.1, 0.15) is 6.10 Å². The zero-order chi connectivity index (χ0) is 15.2. The highest BCUT2D eigenvalue weighted by molar-refractivity contribution is 5.92. The fraction of sp³-hybridized carbons (Fsp3) is 0.562. The number of nitrogens with one attached hydrogen (secondary N) is 2. The highest BCUT2D eigenvalue weighted by Crippen LogP contribution is 2.24. The molecule has 0 fully saturated rings. The maximum absolute atomic E-state index is 11.7. The minimum Gasteiger partial charge on any atom is -0.459 e. The molecular formula is C16H24N2O3. The molecule has 2 unspecified atom stereocenters. The number of hydrogen-bond donors (Lipinski definition) is 3. The number of aliphatic hydroxyl groups is 1. The predicted octanol–water partition coefficient (Wildman–Crippen LogP) is 1.02. The number of esters is 1. The Morgan fingerprint density at radius 2 is 2.14 bits per heavy atom. The number of benzene rings is 1. The number of hydrogen-bond acceptors (Lipinski definition) is 5.